The maximum absolute atomic E-state index is 11.7. The van der Waals surface area contributed by atoms with Crippen LogP contribution in [0.15, 0.2) is 0 Å². The minimum atomic E-state index is 0.273. The third-order valence-corrected chi connectivity index (χ3v) is 3.35. The zero-order valence-electron chi connectivity index (χ0n) is 9.13. The zero-order chi connectivity index (χ0) is 10.6. The van der Waals surface area contributed by atoms with Crippen molar-refractivity contribution in [1.29, 1.82) is 0 Å². The second kappa shape index (κ2) is 5.59. The van der Waals surface area contributed by atoms with Crippen LogP contribution in [0.1, 0.15) is 39.0 Å². The Bertz CT molecular complexity index is 192. The highest BCUT2D eigenvalue weighted by Gasteiger charge is 2.31. The molecule has 82 valence electrons. The molecule has 0 bridgehead atoms. The average molecular weight is 218 g/mol. The second-order valence-electron chi connectivity index (χ2n) is 4.23. The van der Waals surface area contributed by atoms with Crippen molar-refractivity contribution in [2.75, 3.05) is 12.9 Å². The van der Waals surface area contributed by atoms with Crippen LogP contribution in [0.25, 0.3) is 0 Å². The first-order valence-corrected chi connectivity index (χ1v) is 6.02. The number of carbonyl (C=O) groups is 1. The van der Waals surface area contributed by atoms with E-state index in [2.05, 4.69) is 6.92 Å². The van der Waals surface area contributed by atoms with Crippen molar-refractivity contribution in [3.05, 3.63) is 0 Å². The van der Waals surface area contributed by atoms with Gasteiger partial charge in [-0.1, -0.05) is 0 Å². The van der Waals surface area contributed by atoms with Crippen molar-refractivity contribution >= 4 is 17.5 Å². The van der Waals surface area contributed by atoms with Gasteiger partial charge in [0.1, 0.15) is 0 Å². The highest BCUT2D eigenvalue weighted by molar-refractivity contribution is 6.17. The lowest BCUT2D eigenvalue weighted by molar-refractivity contribution is -0.132. The Balaban J connectivity index is 2.20. The van der Waals surface area contributed by atoms with Gasteiger partial charge in [0, 0.05) is 25.4 Å². The molecular formula is C11H20ClNO. The summed E-state index contributed by atoms with van der Waals surface area (Å²) in [5.41, 5.74) is 0. The van der Waals surface area contributed by atoms with Gasteiger partial charge in [-0.25, -0.2) is 0 Å². The van der Waals surface area contributed by atoms with E-state index in [9.17, 15) is 4.79 Å². The molecule has 1 amide bonds. The third kappa shape index (κ3) is 3.49. The first-order chi connectivity index (χ1) is 6.66. The van der Waals surface area contributed by atoms with E-state index in [0.717, 1.165) is 18.8 Å². The first-order valence-electron chi connectivity index (χ1n) is 5.48. The van der Waals surface area contributed by atoms with Crippen molar-refractivity contribution in [3.8, 4) is 0 Å². The minimum absolute atomic E-state index is 0.273. The van der Waals surface area contributed by atoms with Gasteiger partial charge < -0.3 is 4.90 Å². The minimum Gasteiger partial charge on any atom is -0.343 e. The Morgan fingerprint density at radius 1 is 1.50 bits per heavy atom. The summed E-state index contributed by atoms with van der Waals surface area (Å²) >= 11 is 5.56. The van der Waals surface area contributed by atoms with E-state index in [1.807, 2.05) is 11.9 Å². The van der Waals surface area contributed by atoms with E-state index >= 15 is 0 Å². The van der Waals surface area contributed by atoms with E-state index in [-0.39, 0.29) is 5.91 Å². The molecule has 0 aliphatic heterocycles. The molecule has 0 aromatic heterocycles. The van der Waals surface area contributed by atoms with Crippen LogP contribution in [0.2, 0.25) is 0 Å². The lowest BCUT2D eigenvalue weighted by Gasteiger charge is -2.24. The fourth-order valence-corrected chi connectivity index (χ4v) is 1.86. The van der Waals surface area contributed by atoms with E-state index < -0.39 is 0 Å². The molecule has 1 aliphatic rings. The van der Waals surface area contributed by atoms with E-state index in [1.165, 1.54) is 12.8 Å². The van der Waals surface area contributed by atoms with Gasteiger partial charge in [-0.3, -0.25) is 4.79 Å². The van der Waals surface area contributed by atoms with Crippen LogP contribution in [-0.4, -0.2) is 29.8 Å². The Kier molecular flexibility index (Phi) is 4.73. The Labute approximate surface area is 91.6 Å². The van der Waals surface area contributed by atoms with E-state index in [4.69, 9.17) is 11.6 Å². The van der Waals surface area contributed by atoms with Crippen LogP contribution in [0.4, 0.5) is 0 Å². The molecule has 0 radical (unpaired) electrons. The molecule has 0 aromatic rings. The summed E-state index contributed by atoms with van der Waals surface area (Å²) in [6.45, 7) is 2.15. The molecule has 1 atom stereocenters. The number of rotatable bonds is 6. The standard InChI is InChI=1S/C11H20ClNO/c1-9(10-6-7-10)13(2)11(14)5-3-4-8-12/h9-10H,3-8H2,1-2H3. The van der Waals surface area contributed by atoms with Crippen molar-refractivity contribution in [2.24, 2.45) is 5.92 Å². The number of amides is 1. The monoisotopic (exact) mass is 217 g/mol. The predicted molar refractivity (Wildman–Crippen MR) is 59.5 cm³/mol. The van der Waals surface area contributed by atoms with Crippen molar-refractivity contribution in [1.82, 2.24) is 4.90 Å². The number of unbranched alkanes of at least 4 members (excludes halogenated alkanes) is 1. The van der Waals surface area contributed by atoms with E-state index in [0.29, 0.717) is 18.3 Å². The van der Waals surface area contributed by atoms with Crippen molar-refractivity contribution in [2.45, 2.75) is 45.1 Å². The summed E-state index contributed by atoms with van der Waals surface area (Å²) in [5, 5.41) is 0. The number of carbonyl (C=O) groups excluding carboxylic acids is 1. The van der Waals surface area contributed by atoms with Gasteiger partial charge in [0.25, 0.3) is 0 Å². The topological polar surface area (TPSA) is 20.3 Å². The molecular weight excluding hydrogens is 198 g/mol. The smallest absolute Gasteiger partial charge is 0.222 e. The summed E-state index contributed by atoms with van der Waals surface area (Å²) in [6, 6.07) is 0.429. The Hall–Kier alpha value is -0.240. The second-order valence-corrected chi connectivity index (χ2v) is 4.61. The van der Waals surface area contributed by atoms with Gasteiger partial charge in [0.15, 0.2) is 0 Å². The van der Waals surface area contributed by atoms with Gasteiger partial charge in [-0.05, 0) is 38.5 Å². The normalized spacial score (nSPS) is 17.9. The van der Waals surface area contributed by atoms with Crippen molar-refractivity contribution < 1.29 is 4.79 Å². The summed E-state index contributed by atoms with van der Waals surface area (Å²) in [7, 11) is 1.92. The largest absolute Gasteiger partial charge is 0.343 e. The first kappa shape index (κ1) is 11.8. The zero-order valence-corrected chi connectivity index (χ0v) is 9.89. The Morgan fingerprint density at radius 3 is 2.64 bits per heavy atom. The van der Waals surface area contributed by atoms with Crippen LogP contribution in [-0.2, 0) is 4.79 Å². The van der Waals surface area contributed by atoms with Gasteiger partial charge in [0.2, 0.25) is 5.91 Å². The van der Waals surface area contributed by atoms with E-state index in [1.54, 1.807) is 0 Å². The molecule has 1 aliphatic carbocycles. The van der Waals surface area contributed by atoms with Crippen LogP contribution in [0.3, 0.4) is 0 Å². The Morgan fingerprint density at radius 2 is 2.14 bits per heavy atom. The number of hydrogen-bond donors (Lipinski definition) is 0. The van der Waals surface area contributed by atoms with Crippen molar-refractivity contribution in [3.63, 3.8) is 0 Å². The molecule has 0 aromatic carbocycles. The summed E-state index contributed by atoms with van der Waals surface area (Å²) in [6.07, 6.45) is 5.10. The fraction of sp³-hybridized carbons (Fsp3) is 0.909. The molecule has 0 N–H and O–H groups in total. The molecule has 2 nitrogen and oxygen atoms in total. The highest BCUT2D eigenvalue weighted by Crippen LogP contribution is 2.34. The average Bonchev–Trinajstić information content (AvgIpc) is 2.99. The van der Waals surface area contributed by atoms with Crippen LogP contribution in [0.5, 0.6) is 0 Å². The fourth-order valence-electron chi connectivity index (χ4n) is 1.67. The molecule has 1 saturated carbocycles. The van der Waals surface area contributed by atoms with Gasteiger partial charge in [-0.15, -0.1) is 11.6 Å². The summed E-state index contributed by atoms with van der Waals surface area (Å²) in [5.74, 6) is 1.70. The van der Waals surface area contributed by atoms with Crippen LogP contribution < -0.4 is 0 Å². The molecule has 1 rings (SSSR count). The SMILES string of the molecule is CC(C1CC1)N(C)C(=O)CCCCCl. The molecule has 0 saturated heterocycles. The molecule has 1 unspecified atom stereocenters. The maximum atomic E-state index is 11.7. The number of halogens is 1. The molecule has 3 heteroatoms. The molecule has 14 heavy (non-hydrogen) atoms. The van der Waals surface area contributed by atoms with Gasteiger partial charge in [0.05, 0.1) is 0 Å². The number of hydrogen-bond acceptors (Lipinski definition) is 1. The number of alkyl halides is 1. The lowest BCUT2D eigenvalue weighted by Crippen LogP contribution is -2.36. The highest BCUT2D eigenvalue weighted by atomic mass is 35.5. The van der Waals surface area contributed by atoms with Crippen LogP contribution >= 0.6 is 11.6 Å². The molecule has 0 heterocycles. The van der Waals surface area contributed by atoms with Gasteiger partial charge >= 0.3 is 0 Å². The maximum Gasteiger partial charge on any atom is 0.222 e. The third-order valence-electron chi connectivity index (χ3n) is 3.08. The molecule has 0 spiro atoms. The summed E-state index contributed by atoms with van der Waals surface area (Å²) in [4.78, 5) is 13.6. The summed E-state index contributed by atoms with van der Waals surface area (Å²) < 4.78 is 0. The predicted octanol–water partition coefficient (Wildman–Crippen LogP) is 2.65. The van der Waals surface area contributed by atoms with Crippen LogP contribution in [0, 0.1) is 5.92 Å². The lowest BCUT2D eigenvalue weighted by atomic mass is 10.1. The molecule has 1 fully saturated rings. The van der Waals surface area contributed by atoms with Gasteiger partial charge in [-0.2, -0.15) is 0 Å². The quantitative estimate of drug-likeness (QED) is 0.495. The number of nitrogens with zero attached hydrogens (tertiary/aromatic N) is 1.